The van der Waals surface area contributed by atoms with Crippen molar-refractivity contribution in [2.24, 2.45) is 0 Å². The number of ether oxygens (including phenoxy) is 1. The Morgan fingerprint density at radius 1 is 1.43 bits per heavy atom. The molecule has 1 aliphatic heterocycles. The maximum Gasteiger partial charge on any atom is 0.165 e. The molecule has 0 unspecified atom stereocenters. The molecular formula is C17H22FN3O2. The summed E-state index contributed by atoms with van der Waals surface area (Å²) < 4.78 is 18.9. The van der Waals surface area contributed by atoms with E-state index in [2.05, 4.69) is 15.1 Å². The summed E-state index contributed by atoms with van der Waals surface area (Å²) in [5, 5.41) is 16.6. The monoisotopic (exact) mass is 319 g/mol. The van der Waals surface area contributed by atoms with Crippen LogP contribution in [0.3, 0.4) is 0 Å². The lowest BCUT2D eigenvalue weighted by molar-refractivity contribution is 0.0842. The molecule has 0 radical (unpaired) electrons. The summed E-state index contributed by atoms with van der Waals surface area (Å²) >= 11 is 0. The first kappa shape index (κ1) is 16.0. The Morgan fingerprint density at radius 3 is 3.04 bits per heavy atom. The van der Waals surface area contributed by atoms with Gasteiger partial charge in [0.15, 0.2) is 11.6 Å². The first-order valence-corrected chi connectivity index (χ1v) is 7.94. The Hall–Kier alpha value is -1.92. The fourth-order valence-corrected chi connectivity index (χ4v) is 3.20. The van der Waals surface area contributed by atoms with Crippen LogP contribution in [0.5, 0.6) is 5.75 Å². The summed E-state index contributed by atoms with van der Waals surface area (Å²) in [7, 11) is 1.45. The van der Waals surface area contributed by atoms with E-state index in [9.17, 15) is 9.50 Å². The van der Waals surface area contributed by atoms with Crippen molar-refractivity contribution in [3.63, 3.8) is 0 Å². The van der Waals surface area contributed by atoms with Crippen molar-refractivity contribution in [3.05, 3.63) is 35.8 Å². The highest BCUT2D eigenvalue weighted by Gasteiger charge is 2.23. The van der Waals surface area contributed by atoms with Gasteiger partial charge in [0.1, 0.15) is 0 Å². The topological polar surface area (TPSA) is 61.4 Å². The second-order valence-corrected chi connectivity index (χ2v) is 5.92. The number of hydrogen-bond acceptors (Lipinski definition) is 4. The molecule has 1 aromatic heterocycles. The number of aromatic nitrogens is 2. The normalized spacial score (nSPS) is 19.0. The van der Waals surface area contributed by atoms with Gasteiger partial charge in [-0.25, -0.2) is 4.39 Å². The second-order valence-electron chi connectivity index (χ2n) is 5.92. The molecule has 0 spiro atoms. The SMILES string of the molecule is COc1ccc(-c2[nH]ncc2CN2CCCC[C@H]2CO)cc1F. The van der Waals surface area contributed by atoms with Crippen LogP contribution in [0.4, 0.5) is 4.39 Å². The number of nitrogens with one attached hydrogen (secondary N) is 1. The number of H-pyrrole nitrogens is 1. The van der Waals surface area contributed by atoms with Gasteiger partial charge in [0.25, 0.3) is 0 Å². The molecule has 0 bridgehead atoms. The minimum Gasteiger partial charge on any atom is -0.494 e. The number of methoxy groups -OCH3 is 1. The maximum absolute atomic E-state index is 13.9. The van der Waals surface area contributed by atoms with E-state index in [0.29, 0.717) is 6.54 Å². The molecule has 1 aromatic carbocycles. The van der Waals surface area contributed by atoms with Gasteiger partial charge >= 0.3 is 0 Å². The van der Waals surface area contributed by atoms with Crippen LogP contribution in [0.15, 0.2) is 24.4 Å². The zero-order chi connectivity index (χ0) is 16.2. The molecule has 5 nitrogen and oxygen atoms in total. The van der Waals surface area contributed by atoms with Crippen molar-refractivity contribution in [1.29, 1.82) is 0 Å². The number of aliphatic hydroxyl groups is 1. The van der Waals surface area contributed by atoms with E-state index in [1.807, 2.05) is 6.07 Å². The van der Waals surface area contributed by atoms with Gasteiger partial charge in [-0.1, -0.05) is 6.42 Å². The van der Waals surface area contributed by atoms with Gasteiger partial charge < -0.3 is 9.84 Å². The first-order chi connectivity index (χ1) is 11.2. The second kappa shape index (κ2) is 7.10. The predicted molar refractivity (Wildman–Crippen MR) is 85.7 cm³/mol. The van der Waals surface area contributed by atoms with Gasteiger partial charge in [-0.15, -0.1) is 0 Å². The van der Waals surface area contributed by atoms with Crippen LogP contribution in [0.2, 0.25) is 0 Å². The van der Waals surface area contributed by atoms with E-state index in [4.69, 9.17) is 4.74 Å². The Bertz CT molecular complexity index is 659. The largest absolute Gasteiger partial charge is 0.494 e. The van der Waals surface area contributed by atoms with E-state index in [0.717, 1.165) is 42.6 Å². The Balaban J connectivity index is 1.83. The molecule has 1 atom stereocenters. The zero-order valence-corrected chi connectivity index (χ0v) is 13.3. The molecule has 3 rings (SSSR count). The highest BCUT2D eigenvalue weighted by Crippen LogP contribution is 2.28. The van der Waals surface area contributed by atoms with Crippen LogP contribution in [0, 0.1) is 5.82 Å². The molecule has 0 saturated carbocycles. The summed E-state index contributed by atoms with van der Waals surface area (Å²) in [4.78, 5) is 2.28. The van der Waals surface area contributed by atoms with Gasteiger partial charge in [-0.2, -0.15) is 5.10 Å². The molecule has 124 valence electrons. The van der Waals surface area contributed by atoms with E-state index >= 15 is 0 Å². The summed E-state index contributed by atoms with van der Waals surface area (Å²) in [6.45, 7) is 1.84. The minimum absolute atomic E-state index is 0.171. The van der Waals surface area contributed by atoms with Gasteiger partial charge in [-0.3, -0.25) is 10.00 Å². The van der Waals surface area contributed by atoms with E-state index in [1.54, 1.807) is 12.3 Å². The maximum atomic E-state index is 13.9. The molecule has 2 heterocycles. The third kappa shape index (κ3) is 3.38. The van der Waals surface area contributed by atoms with Gasteiger partial charge in [0.05, 0.1) is 25.6 Å². The standard InChI is InChI=1S/C17H22FN3O2/c1-23-16-6-5-12(8-15(16)18)17-13(9-19-20-17)10-21-7-3-2-4-14(21)11-22/h5-6,8-9,14,22H,2-4,7,10-11H2,1H3,(H,19,20)/t14-/m0/s1. The smallest absolute Gasteiger partial charge is 0.165 e. The quantitative estimate of drug-likeness (QED) is 0.889. The molecule has 23 heavy (non-hydrogen) atoms. The number of halogens is 1. The average Bonchev–Trinajstić information content (AvgIpc) is 3.03. The Morgan fingerprint density at radius 2 is 2.30 bits per heavy atom. The number of nitrogens with zero attached hydrogens (tertiary/aromatic N) is 2. The first-order valence-electron chi connectivity index (χ1n) is 7.94. The van der Waals surface area contributed by atoms with Crippen molar-refractivity contribution in [1.82, 2.24) is 15.1 Å². The Kier molecular flexibility index (Phi) is 4.93. The minimum atomic E-state index is -0.392. The van der Waals surface area contributed by atoms with Crippen LogP contribution < -0.4 is 4.74 Å². The lowest BCUT2D eigenvalue weighted by atomic mass is 10.0. The summed E-state index contributed by atoms with van der Waals surface area (Å²) in [6, 6.07) is 5.08. The third-order valence-electron chi connectivity index (χ3n) is 4.49. The van der Waals surface area contributed by atoms with Gasteiger partial charge in [-0.05, 0) is 37.6 Å². The predicted octanol–water partition coefficient (Wildman–Crippen LogP) is 2.57. The average molecular weight is 319 g/mol. The molecule has 6 heteroatoms. The summed E-state index contributed by atoms with van der Waals surface area (Å²) in [5.41, 5.74) is 2.57. The van der Waals surface area contributed by atoms with Crippen LogP contribution in [-0.4, -0.2) is 46.5 Å². The van der Waals surface area contributed by atoms with Crippen LogP contribution >= 0.6 is 0 Å². The molecule has 1 fully saturated rings. The number of rotatable bonds is 5. The van der Waals surface area contributed by atoms with E-state index in [1.165, 1.54) is 13.2 Å². The molecule has 0 amide bonds. The van der Waals surface area contributed by atoms with Crippen molar-refractivity contribution in [3.8, 4) is 17.0 Å². The number of likely N-dealkylation sites (tertiary alicyclic amines) is 1. The summed E-state index contributed by atoms with van der Waals surface area (Å²) in [5.74, 6) is -0.164. The highest BCUT2D eigenvalue weighted by molar-refractivity contribution is 5.63. The van der Waals surface area contributed by atoms with Crippen molar-refractivity contribution in [2.45, 2.75) is 31.8 Å². The van der Waals surface area contributed by atoms with Crippen LogP contribution in [0.1, 0.15) is 24.8 Å². The van der Waals surface area contributed by atoms with Gasteiger partial charge in [0.2, 0.25) is 0 Å². The number of aliphatic hydroxyl groups excluding tert-OH is 1. The molecule has 2 aromatic rings. The third-order valence-corrected chi connectivity index (χ3v) is 4.49. The molecule has 1 saturated heterocycles. The Labute approximate surface area is 135 Å². The van der Waals surface area contributed by atoms with Crippen molar-refractivity contribution in [2.75, 3.05) is 20.3 Å². The highest BCUT2D eigenvalue weighted by atomic mass is 19.1. The number of aromatic amines is 1. The van der Waals surface area contributed by atoms with Gasteiger partial charge in [0, 0.05) is 23.7 Å². The fraction of sp³-hybridized carbons (Fsp3) is 0.471. The molecule has 0 aliphatic carbocycles. The number of hydrogen-bond donors (Lipinski definition) is 2. The summed E-state index contributed by atoms with van der Waals surface area (Å²) in [6.07, 6.45) is 5.09. The van der Waals surface area contributed by atoms with E-state index < -0.39 is 5.82 Å². The van der Waals surface area contributed by atoms with Crippen molar-refractivity contribution < 1.29 is 14.2 Å². The molecular weight excluding hydrogens is 297 g/mol. The number of piperidine rings is 1. The van der Waals surface area contributed by atoms with E-state index in [-0.39, 0.29) is 18.4 Å². The van der Waals surface area contributed by atoms with Crippen LogP contribution in [0.25, 0.3) is 11.3 Å². The molecule has 1 aliphatic rings. The zero-order valence-electron chi connectivity index (χ0n) is 13.3. The number of benzene rings is 1. The lowest BCUT2D eigenvalue weighted by Gasteiger charge is -2.34. The fourth-order valence-electron chi connectivity index (χ4n) is 3.20. The van der Waals surface area contributed by atoms with Crippen molar-refractivity contribution >= 4 is 0 Å². The molecule has 2 N–H and O–H groups in total. The lowest BCUT2D eigenvalue weighted by Crippen LogP contribution is -2.41. The van der Waals surface area contributed by atoms with Crippen LogP contribution in [-0.2, 0) is 6.54 Å².